The Balaban J connectivity index is 1.69. The Bertz CT molecular complexity index is 1170. The number of ether oxygens (including phenoxy) is 2. The highest BCUT2D eigenvalue weighted by molar-refractivity contribution is 7.09. The van der Waals surface area contributed by atoms with Gasteiger partial charge in [-0.05, 0) is 48.7 Å². The monoisotopic (exact) mass is 464 g/mol. The number of aryl methyl sites for hydroxylation is 1. The van der Waals surface area contributed by atoms with Crippen LogP contribution in [0.4, 0.5) is 5.69 Å². The van der Waals surface area contributed by atoms with E-state index in [1.807, 2.05) is 36.6 Å². The van der Waals surface area contributed by atoms with Gasteiger partial charge < -0.3 is 14.4 Å². The molecule has 1 unspecified atom stereocenters. The minimum atomic E-state index is -0.901. The summed E-state index contributed by atoms with van der Waals surface area (Å²) in [5.74, 6) is -0.188. The number of rotatable bonds is 7. The molecule has 3 amide bonds. The second kappa shape index (κ2) is 9.46. The lowest BCUT2D eigenvalue weighted by molar-refractivity contribution is -0.122. The van der Waals surface area contributed by atoms with Gasteiger partial charge >= 0.3 is 0 Å². The summed E-state index contributed by atoms with van der Waals surface area (Å²) in [6.45, 7) is 2.15. The molecule has 2 heterocycles. The van der Waals surface area contributed by atoms with Gasteiger partial charge in [0.25, 0.3) is 11.8 Å². The molecule has 1 atom stereocenters. The molecule has 1 aromatic heterocycles. The average Bonchev–Trinajstić information content (AvgIpc) is 3.44. The lowest BCUT2D eigenvalue weighted by atomic mass is 10.1. The first-order valence-corrected chi connectivity index (χ1v) is 11.3. The lowest BCUT2D eigenvalue weighted by Crippen LogP contribution is -2.45. The van der Waals surface area contributed by atoms with Crippen molar-refractivity contribution in [1.29, 1.82) is 0 Å². The second-order valence-corrected chi connectivity index (χ2v) is 8.74. The lowest BCUT2D eigenvalue weighted by Gasteiger charge is -2.27. The van der Waals surface area contributed by atoms with Crippen molar-refractivity contribution < 1.29 is 23.9 Å². The molecule has 0 aliphatic carbocycles. The van der Waals surface area contributed by atoms with Gasteiger partial charge in [-0.3, -0.25) is 14.4 Å². The molecule has 0 N–H and O–H groups in total. The molecule has 0 radical (unpaired) electrons. The van der Waals surface area contributed by atoms with Gasteiger partial charge in [-0.1, -0.05) is 23.8 Å². The number of benzene rings is 2. The highest BCUT2D eigenvalue weighted by atomic mass is 32.1. The molecule has 3 aromatic rings. The number of anilines is 1. The first-order chi connectivity index (χ1) is 15.9. The maximum absolute atomic E-state index is 13.6. The molecule has 1 fully saturated rings. The maximum atomic E-state index is 13.6. The number of imide groups is 1. The van der Waals surface area contributed by atoms with Gasteiger partial charge in [0, 0.05) is 10.4 Å². The molecule has 0 spiro atoms. The molecule has 170 valence electrons. The molecule has 8 heteroatoms. The van der Waals surface area contributed by atoms with E-state index in [0.29, 0.717) is 22.7 Å². The Morgan fingerprint density at radius 2 is 1.79 bits per heavy atom. The number of methoxy groups -OCH3 is 2. The minimum absolute atomic E-state index is 0.0723. The minimum Gasteiger partial charge on any atom is -0.493 e. The number of hydrogen-bond acceptors (Lipinski definition) is 6. The smallest absolute Gasteiger partial charge is 0.257 e. The summed E-state index contributed by atoms with van der Waals surface area (Å²) in [5, 5.41) is 1.91. The van der Waals surface area contributed by atoms with Gasteiger partial charge in [0.05, 0.1) is 32.9 Å². The predicted octanol–water partition coefficient (Wildman–Crippen LogP) is 4.05. The molecule has 1 saturated heterocycles. The van der Waals surface area contributed by atoms with Gasteiger partial charge in [-0.25, -0.2) is 4.90 Å². The third-order valence-electron chi connectivity index (χ3n) is 5.59. The molecular weight excluding hydrogens is 440 g/mol. The Morgan fingerprint density at radius 1 is 1.06 bits per heavy atom. The number of hydrogen-bond donors (Lipinski definition) is 0. The van der Waals surface area contributed by atoms with Crippen LogP contribution < -0.4 is 14.4 Å². The van der Waals surface area contributed by atoms with Crippen LogP contribution in [-0.4, -0.2) is 42.9 Å². The highest BCUT2D eigenvalue weighted by Gasteiger charge is 2.44. The van der Waals surface area contributed by atoms with E-state index in [9.17, 15) is 14.4 Å². The van der Waals surface area contributed by atoms with E-state index in [1.165, 1.54) is 35.4 Å². The van der Waals surface area contributed by atoms with Crippen molar-refractivity contribution in [3.63, 3.8) is 0 Å². The third kappa shape index (κ3) is 4.47. The summed E-state index contributed by atoms with van der Waals surface area (Å²) >= 11 is 1.49. The van der Waals surface area contributed by atoms with Crippen LogP contribution in [0.25, 0.3) is 0 Å². The van der Waals surface area contributed by atoms with E-state index in [0.717, 1.165) is 10.4 Å². The van der Waals surface area contributed by atoms with E-state index in [4.69, 9.17) is 9.47 Å². The van der Waals surface area contributed by atoms with Gasteiger partial charge in [0.1, 0.15) is 6.04 Å². The van der Waals surface area contributed by atoms with Crippen LogP contribution in [0, 0.1) is 6.92 Å². The maximum Gasteiger partial charge on any atom is 0.257 e. The van der Waals surface area contributed by atoms with Gasteiger partial charge in [-0.2, -0.15) is 0 Å². The highest BCUT2D eigenvalue weighted by Crippen LogP contribution is 2.31. The largest absolute Gasteiger partial charge is 0.493 e. The van der Waals surface area contributed by atoms with Crippen LogP contribution in [-0.2, 0) is 16.1 Å². The molecule has 7 nitrogen and oxygen atoms in total. The fourth-order valence-corrected chi connectivity index (χ4v) is 4.56. The summed E-state index contributed by atoms with van der Waals surface area (Å²) in [5.41, 5.74) is 1.88. The van der Waals surface area contributed by atoms with Crippen molar-refractivity contribution in [3.05, 3.63) is 76.0 Å². The van der Waals surface area contributed by atoms with Crippen LogP contribution in [0.5, 0.6) is 11.5 Å². The van der Waals surface area contributed by atoms with Gasteiger partial charge in [0.2, 0.25) is 5.91 Å². The molecule has 0 saturated carbocycles. The number of carbonyl (C=O) groups is 3. The van der Waals surface area contributed by atoms with Crippen molar-refractivity contribution >= 4 is 34.7 Å². The molecule has 1 aliphatic rings. The van der Waals surface area contributed by atoms with Crippen LogP contribution in [0.15, 0.2) is 60.0 Å². The normalized spacial score (nSPS) is 15.6. The van der Waals surface area contributed by atoms with Crippen molar-refractivity contribution in [1.82, 2.24) is 4.90 Å². The van der Waals surface area contributed by atoms with Crippen molar-refractivity contribution in [3.8, 4) is 11.5 Å². The van der Waals surface area contributed by atoms with Crippen LogP contribution >= 0.6 is 11.3 Å². The summed E-state index contributed by atoms with van der Waals surface area (Å²) in [6, 6.07) is 14.9. The van der Waals surface area contributed by atoms with E-state index in [2.05, 4.69) is 0 Å². The number of carbonyl (C=O) groups excluding carboxylic acids is 3. The molecular formula is C25H24N2O5S. The summed E-state index contributed by atoms with van der Waals surface area (Å²) in [6.07, 6.45) is -0.0723. The fraction of sp³-hybridized carbons (Fsp3) is 0.240. The Labute approximate surface area is 196 Å². The molecule has 2 aromatic carbocycles. The van der Waals surface area contributed by atoms with Crippen molar-refractivity contribution in [2.45, 2.75) is 25.9 Å². The Hall–Kier alpha value is -3.65. The van der Waals surface area contributed by atoms with E-state index in [1.54, 1.807) is 30.3 Å². The van der Waals surface area contributed by atoms with Gasteiger partial charge in [0.15, 0.2) is 11.5 Å². The zero-order chi connectivity index (χ0) is 23.5. The number of nitrogens with zero attached hydrogens (tertiary/aromatic N) is 2. The fourth-order valence-electron chi connectivity index (χ4n) is 3.85. The van der Waals surface area contributed by atoms with Crippen LogP contribution in [0.2, 0.25) is 0 Å². The second-order valence-electron chi connectivity index (χ2n) is 7.71. The van der Waals surface area contributed by atoms with Crippen LogP contribution in [0.1, 0.15) is 27.2 Å². The van der Waals surface area contributed by atoms with Crippen molar-refractivity contribution in [2.24, 2.45) is 0 Å². The van der Waals surface area contributed by atoms with Gasteiger partial charge in [-0.15, -0.1) is 11.3 Å². The van der Waals surface area contributed by atoms with E-state index in [-0.39, 0.29) is 24.8 Å². The predicted molar refractivity (Wildman–Crippen MR) is 126 cm³/mol. The first-order valence-electron chi connectivity index (χ1n) is 10.4. The summed E-state index contributed by atoms with van der Waals surface area (Å²) in [4.78, 5) is 43.4. The van der Waals surface area contributed by atoms with E-state index < -0.39 is 11.9 Å². The number of thiophene rings is 1. The van der Waals surface area contributed by atoms with Crippen molar-refractivity contribution in [2.75, 3.05) is 19.1 Å². The Morgan fingerprint density at radius 3 is 2.42 bits per heavy atom. The quantitative estimate of drug-likeness (QED) is 0.493. The summed E-state index contributed by atoms with van der Waals surface area (Å²) in [7, 11) is 3.01. The molecule has 1 aliphatic heterocycles. The van der Waals surface area contributed by atoms with E-state index >= 15 is 0 Å². The molecule has 4 rings (SSSR count). The Kier molecular flexibility index (Phi) is 6.46. The zero-order valence-electron chi connectivity index (χ0n) is 18.6. The molecule has 0 bridgehead atoms. The SMILES string of the molecule is COc1ccc(C(=O)N(Cc2cccs2)C2CC(=O)N(c3ccc(C)cc3)C2=O)cc1OC. The first kappa shape index (κ1) is 22.5. The average molecular weight is 465 g/mol. The zero-order valence-corrected chi connectivity index (χ0v) is 19.4. The third-order valence-corrected chi connectivity index (χ3v) is 6.45. The standard InChI is InChI=1S/C25H24N2O5S/c1-16-6-9-18(10-7-16)27-23(28)14-20(25(27)30)26(15-19-5-4-12-33-19)24(29)17-8-11-21(31-2)22(13-17)32-3/h4-13,20H,14-15H2,1-3H3. The topological polar surface area (TPSA) is 76.2 Å². The number of amides is 3. The summed E-state index contributed by atoms with van der Waals surface area (Å²) < 4.78 is 10.6. The molecule has 33 heavy (non-hydrogen) atoms. The van der Waals surface area contributed by atoms with Crippen LogP contribution in [0.3, 0.4) is 0 Å².